The van der Waals surface area contributed by atoms with Gasteiger partial charge in [-0.1, -0.05) is 20.3 Å². The number of nitrogens with one attached hydrogen (secondary N) is 1. The Morgan fingerprint density at radius 2 is 2.29 bits per heavy atom. The Hall–Kier alpha value is -1.03. The fraction of sp³-hybridized carbons (Fsp3) is 0.769. The molecule has 0 aromatic carbocycles. The molecule has 17 heavy (non-hydrogen) atoms. The van der Waals surface area contributed by atoms with E-state index >= 15 is 0 Å². The molecule has 1 aliphatic heterocycles. The van der Waals surface area contributed by atoms with Crippen LogP contribution in [0.15, 0.2) is 0 Å². The number of nitrogens with zero attached hydrogens (tertiary/aromatic N) is 2. The summed E-state index contributed by atoms with van der Waals surface area (Å²) in [4.78, 5) is 2.35. The Morgan fingerprint density at radius 1 is 1.47 bits per heavy atom. The van der Waals surface area contributed by atoms with Gasteiger partial charge in [0.1, 0.15) is 0 Å². The molecule has 1 atom stereocenters. The summed E-state index contributed by atoms with van der Waals surface area (Å²) in [6, 6.07) is 0.305. The highest BCUT2D eigenvalue weighted by Gasteiger charge is 2.22. The van der Waals surface area contributed by atoms with Crippen LogP contribution >= 0.6 is 0 Å². The third kappa shape index (κ3) is 2.63. The molecular weight excluding hydrogens is 212 g/mol. The maximum atomic E-state index is 6.04. The van der Waals surface area contributed by atoms with Gasteiger partial charge in [-0.25, -0.2) is 0 Å². The molecule has 1 saturated heterocycles. The minimum Gasteiger partial charge on any atom is -0.353 e. The average Bonchev–Trinajstić information content (AvgIpc) is 2.72. The molecule has 0 bridgehead atoms. The van der Waals surface area contributed by atoms with E-state index in [9.17, 15) is 0 Å². The van der Waals surface area contributed by atoms with Crippen molar-refractivity contribution in [2.45, 2.75) is 52.0 Å². The molecule has 2 rings (SSSR count). The normalized spacial score (nSPS) is 20.9. The Kier molecular flexibility index (Phi) is 4.05. The molecule has 1 aromatic heterocycles. The van der Waals surface area contributed by atoms with Crippen LogP contribution in [-0.4, -0.2) is 29.3 Å². The SMILES string of the molecule is CCCc1[nH]nc(N2CCCC(N)C2)c1CC. The van der Waals surface area contributed by atoms with E-state index in [1.807, 2.05) is 0 Å². The van der Waals surface area contributed by atoms with Gasteiger partial charge in [-0.15, -0.1) is 0 Å². The van der Waals surface area contributed by atoms with Crippen molar-refractivity contribution in [3.63, 3.8) is 0 Å². The summed E-state index contributed by atoms with van der Waals surface area (Å²) in [5.74, 6) is 1.14. The van der Waals surface area contributed by atoms with Gasteiger partial charge in [-0.3, -0.25) is 5.10 Å². The van der Waals surface area contributed by atoms with Crippen LogP contribution in [0.3, 0.4) is 0 Å². The molecule has 2 heterocycles. The summed E-state index contributed by atoms with van der Waals surface area (Å²) in [5.41, 5.74) is 8.74. The lowest BCUT2D eigenvalue weighted by molar-refractivity contribution is 0.502. The van der Waals surface area contributed by atoms with Crippen molar-refractivity contribution in [1.29, 1.82) is 0 Å². The van der Waals surface area contributed by atoms with Crippen molar-refractivity contribution in [2.24, 2.45) is 5.73 Å². The number of aryl methyl sites for hydroxylation is 1. The van der Waals surface area contributed by atoms with Gasteiger partial charge in [0.25, 0.3) is 0 Å². The van der Waals surface area contributed by atoms with E-state index in [2.05, 4.69) is 28.9 Å². The standard InChI is InChI=1S/C13H24N4/c1-3-6-12-11(4-2)13(16-15-12)17-8-5-7-10(14)9-17/h10H,3-9,14H2,1-2H3,(H,15,16). The zero-order valence-electron chi connectivity index (χ0n) is 11.0. The van der Waals surface area contributed by atoms with Gasteiger partial charge in [0.2, 0.25) is 0 Å². The second kappa shape index (κ2) is 5.54. The van der Waals surface area contributed by atoms with Crippen LogP contribution in [0.1, 0.15) is 44.4 Å². The van der Waals surface area contributed by atoms with Crippen LogP contribution in [0.5, 0.6) is 0 Å². The number of hydrogen-bond donors (Lipinski definition) is 2. The summed E-state index contributed by atoms with van der Waals surface area (Å²) in [5, 5.41) is 7.71. The third-order valence-electron chi connectivity index (χ3n) is 3.54. The maximum absolute atomic E-state index is 6.04. The van der Waals surface area contributed by atoms with E-state index < -0.39 is 0 Å². The molecule has 1 aliphatic rings. The molecule has 0 amide bonds. The Balaban J connectivity index is 2.19. The van der Waals surface area contributed by atoms with Gasteiger partial charge in [0.05, 0.1) is 0 Å². The van der Waals surface area contributed by atoms with Gasteiger partial charge in [0.15, 0.2) is 5.82 Å². The van der Waals surface area contributed by atoms with Crippen LogP contribution in [0.4, 0.5) is 5.82 Å². The first kappa shape index (κ1) is 12.4. The van der Waals surface area contributed by atoms with E-state index in [0.717, 1.165) is 44.6 Å². The Morgan fingerprint density at radius 3 is 2.94 bits per heavy atom. The highest BCUT2D eigenvalue weighted by atomic mass is 15.3. The second-order valence-electron chi connectivity index (χ2n) is 4.96. The minimum absolute atomic E-state index is 0.305. The molecular formula is C13H24N4. The predicted molar refractivity (Wildman–Crippen MR) is 71.4 cm³/mol. The summed E-state index contributed by atoms with van der Waals surface area (Å²) < 4.78 is 0. The average molecular weight is 236 g/mol. The zero-order chi connectivity index (χ0) is 12.3. The van der Waals surface area contributed by atoms with Crippen molar-refractivity contribution in [3.8, 4) is 0 Å². The van der Waals surface area contributed by atoms with Crippen LogP contribution in [0.2, 0.25) is 0 Å². The summed E-state index contributed by atoms with van der Waals surface area (Å²) in [7, 11) is 0. The first-order valence-electron chi connectivity index (χ1n) is 6.82. The van der Waals surface area contributed by atoms with Crippen LogP contribution < -0.4 is 10.6 Å². The minimum atomic E-state index is 0.305. The first-order chi connectivity index (χ1) is 8.26. The predicted octanol–water partition coefficient (Wildman–Crippen LogP) is 1.85. The molecule has 1 fully saturated rings. The smallest absolute Gasteiger partial charge is 0.153 e. The number of aromatic amines is 1. The van der Waals surface area contributed by atoms with Gasteiger partial charge in [0, 0.05) is 30.4 Å². The second-order valence-corrected chi connectivity index (χ2v) is 4.96. The fourth-order valence-corrected chi connectivity index (χ4v) is 2.68. The van der Waals surface area contributed by atoms with Gasteiger partial charge < -0.3 is 10.6 Å². The van der Waals surface area contributed by atoms with Crippen molar-refractivity contribution in [3.05, 3.63) is 11.3 Å². The van der Waals surface area contributed by atoms with Gasteiger partial charge in [-0.05, 0) is 25.7 Å². The quantitative estimate of drug-likeness (QED) is 0.839. The van der Waals surface area contributed by atoms with Crippen LogP contribution in [-0.2, 0) is 12.8 Å². The fourth-order valence-electron chi connectivity index (χ4n) is 2.68. The summed E-state index contributed by atoms with van der Waals surface area (Å²) in [6.45, 7) is 6.45. The molecule has 0 saturated carbocycles. The number of hydrogen-bond acceptors (Lipinski definition) is 3. The lowest BCUT2D eigenvalue weighted by Crippen LogP contribution is -2.43. The highest BCUT2D eigenvalue weighted by Crippen LogP contribution is 2.25. The van der Waals surface area contributed by atoms with E-state index in [-0.39, 0.29) is 0 Å². The number of anilines is 1. The van der Waals surface area contributed by atoms with Gasteiger partial charge in [-0.2, -0.15) is 5.10 Å². The molecule has 3 N–H and O–H groups in total. The highest BCUT2D eigenvalue weighted by molar-refractivity contribution is 5.49. The zero-order valence-corrected chi connectivity index (χ0v) is 11.0. The number of piperidine rings is 1. The topological polar surface area (TPSA) is 57.9 Å². The van der Waals surface area contributed by atoms with Crippen LogP contribution in [0.25, 0.3) is 0 Å². The number of rotatable bonds is 4. The maximum Gasteiger partial charge on any atom is 0.153 e. The largest absolute Gasteiger partial charge is 0.353 e. The van der Waals surface area contributed by atoms with Crippen molar-refractivity contribution >= 4 is 5.82 Å². The molecule has 4 heteroatoms. The summed E-state index contributed by atoms with van der Waals surface area (Å²) >= 11 is 0. The summed E-state index contributed by atoms with van der Waals surface area (Å²) in [6.07, 6.45) is 5.63. The lowest BCUT2D eigenvalue weighted by Gasteiger charge is -2.31. The molecule has 0 radical (unpaired) electrons. The number of H-pyrrole nitrogens is 1. The van der Waals surface area contributed by atoms with Crippen molar-refractivity contribution in [1.82, 2.24) is 10.2 Å². The molecule has 1 aromatic rings. The monoisotopic (exact) mass is 236 g/mol. The Bertz CT molecular complexity index is 358. The van der Waals surface area contributed by atoms with E-state index in [0.29, 0.717) is 6.04 Å². The van der Waals surface area contributed by atoms with E-state index in [1.54, 1.807) is 0 Å². The molecule has 0 aliphatic carbocycles. The first-order valence-corrected chi connectivity index (χ1v) is 6.82. The molecule has 4 nitrogen and oxygen atoms in total. The molecule has 0 spiro atoms. The number of nitrogens with two attached hydrogens (primary N) is 1. The third-order valence-corrected chi connectivity index (χ3v) is 3.54. The molecule has 96 valence electrons. The molecule has 1 unspecified atom stereocenters. The van der Waals surface area contributed by atoms with E-state index in [4.69, 9.17) is 5.73 Å². The Labute approximate surface area is 104 Å². The van der Waals surface area contributed by atoms with Crippen LogP contribution in [0, 0.1) is 0 Å². The van der Waals surface area contributed by atoms with Crippen molar-refractivity contribution in [2.75, 3.05) is 18.0 Å². The number of aromatic nitrogens is 2. The lowest BCUT2D eigenvalue weighted by atomic mass is 10.0. The van der Waals surface area contributed by atoms with Gasteiger partial charge >= 0.3 is 0 Å². The van der Waals surface area contributed by atoms with E-state index in [1.165, 1.54) is 17.7 Å². The van der Waals surface area contributed by atoms with Crippen molar-refractivity contribution < 1.29 is 0 Å².